The van der Waals surface area contributed by atoms with Gasteiger partial charge in [-0.3, -0.25) is 0 Å². The average molecular weight is 204 g/mol. The third-order valence-electron chi connectivity index (χ3n) is 2.70. The summed E-state index contributed by atoms with van der Waals surface area (Å²) in [4.78, 5) is 0. The quantitative estimate of drug-likeness (QED) is 0.633. The van der Waals surface area contributed by atoms with Gasteiger partial charge in [-0.15, -0.1) is 0 Å². The van der Waals surface area contributed by atoms with Gasteiger partial charge < -0.3 is 20.9 Å². The zero-order valence-electron chi connectivity index (χ0n) is 9.75. The predicted octanol–water partition coefficient (Wildman–Crippen LogP) is 0.493. The Kier molecular flexibility index (Phi) is 6.27. The van der Waals surface area contributed by atoms with Gasteiger partial charge in [0, 0.05) is 19.8 Å². The highest BCUT2D eigenvalue weighted by atomic mass is 16.5. The van der Waals surface area contributed by atoms with E-state index in [1.807, 2.05) is 27.7 Å². The summed E-state index contributed by atoms with van der Waals surface area (Å²) < 4.78 is 11.0. The summed E-state index contributed by atoms with van der Waals surface area (Å²) in [6.45, 7) is 9.39. The molecular formula is C10H24N2O2. The maximum Gasteiger partial charge on any atom is 0.0804 e. The Morgan fingerprint density at radius 3 is 1.64 bits per heavy atom. The summed E-state index contributed by atoms with van der Waals surface area (Å²) in [6.07, 6.45) is -0.196. The number of hydrogen-bond acceptors (Lipinski definition) is 4. The summed E-state index contributed by atoms with van der Waals surface area (Å²) >= 11 is 0. The van der Waals surface area contributed by atoms with Crippen molar-refractivity contribution in [3.63, 3.8) is 0 Å². The number of rotatable bonds is 7. The highest BCUT2D eigenvalue weighted by Crippen LogP contribution is 2.17. The third kappa shape index (κ3) is 3.20. The van der Waals surface area contributed by atoms with Crippen molar-refractivity contribution in [2.24, 2.45) is 11.5 Å². The first kappa shape index (κ1) is 13.8. The summed E-state index contributed by atoms with van der Waals surface area (Å²) in [5.41, 5.74) is 11.3. The second kappa shape index (κ2) is 6.35. The van der Waals surface area contributed by atoms with Crippen LogP contribution < -0.4 is 11.5 Å². The second-order valence-electron chi connectivity index (χ2n) is 3.51. The van der Waals surface area contributed by atoms with E-state index in [0.717, 1.165) is 0 Å². The van der Waals surface area contributed by atoms with Crippen molar-refractivity contribution in [1.29, 1.82) is 0 Å². The predicted molar refractivity (Wildman–Crippen MR) is 58.1 cm³/mol. The molecule has 0 aromatic rings. The van der Waals surface area contributed by atoms with Gasteiger partial charge >= 0.3 is 0 Å². The van der Waals surface area contributed by atoms with E-state index in [0.29, 0.717) is 19.8 Å². The minimum Gasteiger partial charge on any atom is -0.377 e. The van der Waals surface area contributed by atoms with Gasteiger partial charge in [0.15, 0.2) is 0 Å². The molecule has 2 unspecified atom stereocenters. The number of ether oxygens (including phenoxy) is 2. The van der Waals surface area contributed by atoms with Crippen LogP contribution in [0.2, 0.25) is 0 Å². The van der Waals surface area contributed by atoms with Crippen molar-refractivity contribution >= 4 is 0 Å². The maximum atomic E-state index is 6.18. The van der Waals surface area contributed by atoms with Crippen molar-refractivity contribution in [3.8, 4) is 0 Å². The lowest BCUT2D eigenvalue weighted by Gasteiger charge is -2.38. The molecule has 4 heteroatoms. The normalized spacial score (nSPS) is 20.1. The van der Waals surface area contributed by atoms with Gasteiger partial charge in [0.2, 0.25) is 0 Å². The van der Waals surface area contributed by atoms with Gasteiger partial charge in [0.25, 0.3) is 0 Å². The summed E-state index contributed by atoms with van der Waals surface area (Å²) in [7, 11) is 0. The smallest absolute Gasteiger partial charge is 0.0804 e. The fourth-order valence-electron chi connectivity index (χ4n) is 1.47. The standard InChI is InChI=1S/C10H24N2O2/c1-5-13-8(3)10(12,7-11)9(4)14-6-2/h8-9H,5-7,11-12H2,1-4H3. The topological polar surface area (TPSA) is 70.5 Å². The van der Waals surface area contributed by atoms with E-state index in [1.165, 1.54) is 0 Å². The fraction of sp³-hybridized carbons (Fsp3) is 1.00. The molecule has 0 aromatic carbocycles. The lowest BCUT2D eigenvalue weighted by atomic mass is 9.88. The Bertz CT molecular complexity index is 141. The van der Waals surface area contributed by atoms with Crippen molar-refractivity contribution in [1.82, 2.24) is 0 Å². The first-order valence-corrected chi connectivity index (χ1v) is 5.25. The molecule has 0 radical (unpaired) electrons. The molecule has 4 nitrogen and oxygen atoms in total. The molecule has 0 aliphatic carbocycles. The van der Waals surface area contributed by atoms with E-state index >= 15 is 0 Å². The fourth-order valence-corrected chi connectivity index (χ4v) is 1.47. The van der Waals surface area contributed by atoms with Gasteiger partial charge in [0.1, 0.15) is 0 Å². The Morgan fingerprint density at radius 2 is 1.43 bits per heavy atom. The molecule has 0 amide bonds. The molecular weight excluding hydrogens is 180 g/mol. The minimum atomic E-state index is -0.605. The van der Waals surface area contributed by atoms with Gasteiger partial charge in [-0.05, 0) is 27.7 Å². The van der Waals surface area contributed by atoms with Crippen LogP contribution >= 0.6 is 0 Å². The van der Waals surface area contributed by atoms with E-state index < -0.39 is 5.54 Å². The first-order chi connectivity index (χ1) is 6.52. The van der Waals surface area contributed by atoms with Crippen LogP contribution in [0.4, 0.5) is 0 Å². The molecule has 0 spiro atoms. The molecule has 0 aromatic heterocycles. The lowest BCUT2D eigenvalue weighted by Crippen LogP contribution is -2.63. The Morgan fingerprint density at radius 1 is 1.07 bits per heavy atom. The zero-order valence-corrected chi connectivity index (χ0v) is 9.75. The van der Waals surface area contributed by atoms with Crippen LogP contribution in [-0.2, 0) is 9.47 Å². The molecule has 2 atom stereocenters. The zero-order chi connectivity index (χ0) is 11.2. The Balaban J connectivity index is 4.42. The first-order valence-electron chi connectivity index (χ1n) is 5.25. The van der Waals surface area contributed by atoms with Crippen molar-refractivity contribution in [2.45, 2.75) is 45.4 Å². The van der Waals surface area contributed by atoms with Crippen LogP contribution in [0.15, 0.2) is 0 Å². The second-order valence-corrected chi connectivity index (χ2v) is 3.51. The molecule has 86 valence electrons. The van der Waals surface area contributed by atoms with Crippen molar-refractivity contribution in [2.75, 3.05) is 19.8 Å². The van der Waals surface area contributed by atoms with E-state index in [9.17, 15) is 0 Å². The van der Waals surface area contributed by atoms with Crippen molar-refractivity contribution in [3.05, 3.63) is 0 Å². The summed E-state index contributed by atoms with van der Waals surface area (Å²) in [6, 6.07) is 0. The molecule has 0 aliphatic rings. The monoisotopic (exact) mass is 204 g/mol. The largest absolute Gasteiger partial charge is 0.377 e. The highest BCUT2D eigenvalue weighted by molar-refractivity contribution is 4.97. The van der Waals surface area contributed by atoms with Crippen molar-refractivity contribution < 1.29 is 9.47 Å². The lowest BCUT2D eigenvalue weighted by molar-refractivity contribution is -0.0577. The molecule has 0 fully saturated rings. The highest BCUT2D eigenvalue weighted by Gasteiger charge is 2.37. The van der Waals surface area contributed by atoms with E-state index in [2.05, 4.69) is 0 Å². The molecule has 0 aliphatic heterocycles. The molecule has 14 heavy (non-hydrogen) atoms. The van der Waals surface area contributed by atoms with Crippen LogP contribution in [0.3, 0.4) is 0 Å². The SMILES string of the molecule is CCOC(C)C(N)(CN)C(C)OCC. The van der Waals surface area contributed by atoms with Crippen LogP contribution in [-0.4, -0.2) is 37.5 Å². The van der Waals surface area contributed by atoms with Gasteiger partial charge in [-0.2, -0.15) is 0 Å². The summed E-state index contributed by atoms with van der Waals surface area (Å²) in [5.74, 6) is 0. The molecule has 4 N–H and O–H groups in total. The number of hydrogen-bond donors (Lipinski definition) is 2. The van der Waals surface area contributed by atoms with Crippen LogP contribution in [0.25, 0.3) is 0 Å². The molecule has 0 rings (SSSR count). The maximum absolute atomic E-state index is 6.18. The summed E-state index contributed by atoms with van der Waals surface area (Å²) in [5, 5.41) is 0. The average Bonchev–Trinajstić information content (AvgIpc) is 2.17. The molecule has 0 heterocycles. The van der Waals surface area contributed by atoms with Gasteiger partial charge in [0.05, 0.1) is 17.7 Å². The Hall–Kier alpha value is -0.160. The molecule has 0 saturated heterocycles. The third-order valence-corrected chi connectivity index (χ3v) is 2.70. The van der Waals surface area contributed by atoms with Crippen LogP contribution in [0.1, 0.15) is 27.7 Å². The van der Waals surface area contributed by atoms with Gasteiger partial charge in [-0.25, -0.2) is 0 Å². The van der Waals surface area contributed by atoms with E-state index in [1.54, 1.807) is 0 Å². The van der Waals surface area contributed by atoms with Crippen LogP contribution in [0, 0.1) is 0 Å². The van der Waals surface area contributed by atoms with Gasteiger partial charge in [-0.1, -0.05) is 0 Å². The Labute approximate surface area is 86.9 Å². The number of nitrogens with two attached hydrogens (primary N) is 2. The minimum absolute atomic E-state index is 0.0981. The molecule has 0 saturated carbocycles. The van der Waals surface area contributed by atoms with E-state index in [4.69, 9.17) is 20.9 Å². The van der Waals surface area contributed by atoms with E-state index in [-0.39, 0.29) is 12.2 Å². The molecule has 0 bridgehead atoms. The van der Waals surface area contributed by atoms with Crippen LogP contribution in [0.5, 0.6) is 0 Å².